The topological polar surface area (TPSA) is 67.2 Å². The Balaban J connectivity index is 1.95. The second kappa shape index (κ2) is 9.55. The molecule has 0 amide bonds. The van der Waals surface area contributed by atoms with Gasteiger partial charge in [0, 0.05) is 26.2 Å². The van der Waals surface area contributed by atoms with Gasteiger partial charge in [-0.2, -0.15) is 5.26 Å². The monoisotopic (exact) mass is 477 g/mol. The number of nitriles is 1. The molecule has 0 aliphatic heterocycles. The molecule has 0 heterocycles. The molecule has 0 bridgehead atoms. The van der Waals surface area contributed by atoms with E-state index in [1.165, 1.54) is 30.3 Å². The summed E-state index contributed by atoms with van der Waals surface area (Å²) >= 11 is 18.2. The van der Waals surface area contributed by atoms with Crippen molar-refractivity contribution in [2.75, 3.05) is 0 Å². The minimum absolute atomic E-state index is 0.0269. The first-order valence-corrected chi connectivity index (χ1v) is 11.2. The smallest absolute Gasteiger partial charge is 0.216 e. The van der Waals surface area contributed by atoms with Crippen LogP contribution in [0, 0.1) is 11.3 Å². The molecule has 0 aromatic heterocycles. The lowest BCUT2D eigenvalue weighted by Gasteiger charge is -2.12. The summed E-state index contributed by atoms with van der Waals surface area (Å²) in [4.78, 5) is -0.447. The number of halogens is 3. The van der Waals surface area contributed by atoms with E-state index in [1.54, 1.807) is 48.5 Å². The van der Waals surface area contributed by atoms with Gasteiger partial charge < -0.3 is 4.74 Å². The summed E-state index contributed by atoms with van der Waals surface area (Å²) in [6, 6.07) is 19.3. The van der Waals surface area contributed by atoms with Crippen molar-refractivity contribution in [2.45, 2.75) is 11.5 Å². The highest BCUT2D eigenvalue weighted by atomic mass is 35.5. The van der Waals surface area contributed by atoms with E-state index in [-0.39, 0.29) is 11.5 Å². The molecule has 0 N–H and O–H groups in total. The summed E-state index contributed by atoms with van der Waals surface area (Å²) in [7, 11) is -4.02. The molecule has 0 atom stereocenters. The zero-order valence-corrected chi connectivity index (χ0v) is 18.4. The third-order valence-corrected chi connectivity index (χ3v) is 6.80. The normalized spacial score (nSPS) is 11.7. The first kappa shape index (κ1) is 22.2. The van der Waals surface area contributed by atoms with E-state index in [4.69, 9.17) is 39.5 Å². The lowest BCUT2D eigenvalue weighted by molar-refractivity contribution is 0.306. The number of ether oxygens (including phenoxy) is 1. The van der Waals surface area contributed by atoms with Gasteiger partial charge in [-0.15, -0.1) is 0 Å². The molecule has 0 aliphatic rings. The zero-order chi connectivity index (χ0) is 21.7. The Labute approximate surface area is 189 Å². The predicted molar refractivity (Wildman–Crippen MR) is 119 cm³/mol. The maximum absolute atomic E-state index is 12.8. The minimum Gasteiger partial charge on any atom is -0.488 e. The van der Waals surface area contributed by atoms with Crippen LogP contribution in [0.4, 0.5) is 0 Å². The molecule has 0 saturated carbocycles. The lowest BCUT2D eigenvalue weighted by atomic mass is 10.2. The second-order valence-corrected chi connectivity index (χ2v) is 9.27. The van der Waals surface area contributed by atoms with Crippen molar-refractivity contribution >= 4 is 50.7 Å². The van der Waals surface area contributed by atoms with E-state index in [0.717, 1.165) is 0 Å². The summed E-state index contributed by atoms with van der Waals surface area (Å²) in [5.41, 5.74) is 1.03. The highest BCUT2D eigenvalue weighted by Crippen LogP contribution is 2.29. The van der Waals surface area contributed by atoms with Crippen molar-refractivity contribution in [2.24, 2.45) is 0 Å². The van der Waals surface area contributed by atoms with Crippen LogP contribution < -0.4 is 4.74 Å². The van der Waals surface area contributed by atoms with Gasteiger partial charge in [-0.1, -0.05) is 59.1 Å². The zero-order valence-electron chi connectivity index (χ0n) is 15.3. The van der Waals surface area contributed by atoms with E-state index in [2.05, 4.69) is 0 Å². The first-order chi connectivity index (χ1) is 14.3. The average molecular weight is 479 g/mol. The molecule has 3 aromatic rings. The maximum Gasteiger partial charge on any atom is 0.216 e. The maximum atomic E-state index is 12.8. The molecule has 8 heteroatoms. The van der Waals surface area contributed by atoms with Gasteiger partial charge in [0.05, 0.1) is 4.90 Å². The second-order valence-electron chi connectivity index (χ2n) is 6.10. The van der Waals surface area contributed by atoms with Gasteiger partial charge in [0.1, 0.15) is 23.3 Å². The SMILES string of the molecule is N#C/C(=C/c1ccccc1OCc1c(Cl)cccc1Cl)S(=O)(=O)c1ccc(Cl)cc1. The van der Waals surface area contributed by atoms with Gasteiger partial charge >= 0.3 is 0 Å². The van der Waals surface area contributed by atoms with Gasteiger partial charge in [0.15, 0.2) is 0 Å². The Morgan fingerprint density at radius 3 is 2.20 bits per heavy atom. The van der Waals surface area contributed by atoms with Crippen molar-refractivity contribution < 1.29 is 13.2 Å². The number of sulfone groups is 1. The van der Waals surface area contributed by atoms with E-state index < -0.39 is 14.7 Å². The Bertz CT molecular complexity index is 1230. The number of hydrogen-bond donors (Lipinski definition) is 0. The molecule has 0 spiro atoms. The number of allylic oxidation sites excluding steroid dienone is 1. The van der Waals surface area contributed by atoms with Crippen molar-refractivity contribution in [3.63, 3.8) is 0 Å². The average Bonchev–Trinajstić information content (AvgIpc) is 2.72. The first-order valence-electron chi connectivity index (χ1n) is 8.60. The fourth-order valence-corrected chi connectivity index (χ4v) is 4.39. The summed E-state index contributed by atoms with van der Waals surface area (Å²) in [6.45, 7) is 0.0786. The van der Waals surface area contributed by atoms with Crippen LogP contribution in [0.25, 0.3) is 6.08 Å². The van der Waals surface area contributed by atoms with Gasteiger partial charge in [0.25, 0.3) is 0 Å². The highest BCUT2D eigenvalue weighted by Gasteiger charge is 2.21. The Morgan fingerprint density at radius 2 is 1.57 bits per heavy atom. The van der Waals surface area contributed by atoms with Crippen LogP contribution in [0.1, 0.15) is 11.1 Å². The van der Waals surface area contributed by atoms with Crippen LogP contribution in [0.5, 0.6) is 5.75 Å². The summed E-state index contributed by atoms with van der Waals surface area (Å²) in [6.07, 6.45) is 1.27. The molecule has 0 unspecified atom stereocenters. The Morgan fingerprint density at radius 1 is 0.933 bits per heavy atom. The molecule has 4 nitrogen and oxygen atoms in total. The van der Waals surface area contributed by atoms with Crippen molar-refractivity contribution in [3.05, 3.63) is 97.8 Å². The highest BCUT2D eigenvalue weighted by molar-refractivity contribution is 7.95. The number of nitrogens with zero attached hydrogens (tertiary/aromatic N) is 1. The molecule has 0 aliphatic carbocycles. The predicted octanol–water partition coefficient (Wildman–Crippen LogP) is 6.56. The van der Waals surface area contributed by atoms with Crippen molar-refractivity contribution in [3.8, 4) is 11.8 Å². The Kier molecular flexibility index (Phi) is 7.06. The standard InChI is InChI=1S/C22H14Cl3NO3S/c23-16-8-10-17(11-9-16)30(27,28)18(13-26)12-15-4-1-2-7-22(15)29-14-19-20(24)5-3-6-21(19)25/h1-12H,14H2/b18-12-. The molecule has 0 radical (unpaired) electrons. The minimum atomic E-state index is -4.02. The van der Waals surface area contributed by atoms with Crippen LogP contribution in [-0.2, 0) is 16.4 Å². The molecule has 3 rings (SSSR count). The molecule has 0 saturated heterocycles. The van der Waals surface area contributed by atoms with E-state index in [0.29, 0.717) is 31.9 Å². The van der Waals surface area contributed by atoms with E-state index in [1.807, 2.05) is 0 Å². The summed E-state index contributed by atoms with van der Waals surface area (Å²) in [5, 5.41) is 10.8. The van der Waals surface area contributed by atoms with Crippen LogP contribution >= 0.6 is 34.8 Å². The van der Waals surface area contributed by atoms with Gasteiger partial charge in [-0.05, 0) is 48.5 Å². The molecule has 30 heavy (non-hydrogen) atoms. The van der Waals surface area contributed by atoms with Crippen molar-refractivity contribution in [1.29, 1.82) is 5.26 Å². The van der Waals surface area contributed by atoms with Crippen molar-refractivity contribution in [1.82, 2.24) is 0 Å². The molecule has 3 aromatic carbocycles. The van der Waals surface area contributed by atoms with Gasteiger partial charge in [-0.3, -0.25) is 0 Å². The Hall–Kier alpha value is -2.49. The number of para-hydroxylation sites is 1. The van der Waals surface area contributed by atoms with Gasteiger partial charge in [0.2, 0.25) is 9.84 Å². The van der Waals surface area contributed by atoms with Crippen LogP contribution in [0.2, 0.25) is 15.1 Å². The third kappa shape index (κ3) is 4.97. The quantitative estimate of drug-likeness (QED) is 0.376. The number of rotatable bonds is 6. The fraction of sp³-hybridized carbons (Fsp3) is 0.0455. The molecular weight excluding hydrogens is 465 g/mol. The molecular formula is C22H14Cl3NO3S. The fourth-order valence-electron chi connectivity index (χ4n) is 2.60. The van der Waals surface area contributed by atoms with E-state index in [9.17, 15) is 13.7 Å². The lowest BCUT2D eigenvalue weighted by Crippen LogP contribution is -2.04. The summed E-state index contributed by atoms with van der Waals surface area (Å²) in [5.74, 6) is 0.382. The van der Waals surface area contributed by atoms with Gasteiger partial charge in [-0.25, -0.2) is 8.42 Å². The number of hydrogen-bond acceptors (Lipinski definition) is 4. The largest absolute Gasteiger partial charge is 0.488 e. The van der Waals surface area contributed by atoms with Crippen LogP contribution in [0.3, 0.4) is 0 Å². The van der Waals surface area contributed by atoms with Crippen LogP contribution in [0.15, 0.2) is 76.5 Å². The molecule has 0 fully saturated rings. The molecule has 152 valence electrons. The summed E-state index contributed by atoms with van der Waals surface area (Å²) < 4.78 is 31.5. The third-order valence-electron chi connectivity index (χ3n) is 4.16. The van der Waals surface area contributed by atoms with Crippen LogP contribution in [-0.4, -0.2) is 8.42 Å². The van der Waals surface area contributed by atoms with E-state index >= 15 is 0 Å². The number of benzene rings is 3.